The molecule has 94 valence electrons. The summed E-state index contributed by atoms with van der Waals surface area (Å²) in [5.74, 6) is -0.432. The van der Waals surface area contributed by atoms with Crippen LogP contribution in [0.1, 0.15) is 24.9 Å². The van der Waals surface area contributed by atoms with Gasteiger partial charge in [-0.15, -0.1) is 0 Å². The van der Waals surface area contributed by atoms with Crippen molar-refractivity contribution in [1.82, 2.24) is 0 Å². The number of carboxylic acid groups (broad SMARTS) is 1. The Hall–Kier alpha value is -1.26. The van der Waals surface area contributed by atoms with E-state index in [-0.39, 0.29) is 18.4 Å². The van der Waals surface area contributed by atoms with Crippen LogP contribution >= 0.6 is 11.6 Å². The predicted octanol–water partition coefficient (Wildman–Crippen LogP) is 2.46. The first-order chi connectivity index (χ1) is 7.95. The molecule has 0 radical (unpaired) electrons. The van der Waals surface area contributed by atoms with E-state index in [4.69, 9.17) is 27.2 Å². The van der Waals surface area contributed by atoms with Crippen molar-refractivity contribution < 1.29 is 14.6 Å². The molecule has 0 aliphatic heterocycles. The molecule has 4 nitrogen and oxygen atoms in total. The molecule has 0 saturated carbocycles. The van der Waals surface area contributed by atoms with Gasteiger partial charge in [0.25, 0.3) is 0 Å². The molecule has 2 unspecified atom stereocenters. The third-order valence-corrected chi connectivity index (χ3v) is 2.97. The molecule has 0 heterocycles. The number of rotatable bonds is 5. The van der Waals surface area contributed by atoms with E-state index in [9.17, 15) is 4.79 Å². The number of methoxy groups -OCH3 is 1. The van der Waals surface area contributed by atoms with Gasteiger partial charge in [0.05, 0.1) is 12.1 Å². The molecule has 0 amide bonds. The van der Waals surface area contributed by atoms with Gasteiger partial charge in [-0.1, -0.05) is 24.6 Å². The van der Waals surface area contributed by atoms with Crippen LogP contribution in [0.5, 0.6) is 5.75 Å². The first-order valence-corrected chi connectivity index (χ1v) is 5.64. The molecule has 1 aromatic rings. The molecular weight excluding hydrogens is 242 g/mol. The number of aliphatic carboxylic acids is 1. The molecule has 0 aromatic heterocycles. The summed E-state index contributed by atoms with van der Waals surface area (Å²) in [6.07, 6.45) is 0.0326. The number of ether oxygens (including phenoxy) is 1. The third-order valence-electron chi connectivity index (χ3n) is 2.67. The number of hydrogen-bond acceptors (Lipinski definition) is 3. The second-order valence-corrected chi connectivity index (χ2v) is 4.40. The molecule has 5 heteroatoms. The van der Waals surface area contributed by atoms with E-state index in [0.29, 0.717) is 10.8 Å². The number of carbonyl (C=O) groups is 1. The lowest BCUT2D eigenvalue weighted by Crippen LogP contribution is -2.21. The molecule has 0 spiro atoms. The van der Waals surface area contributed by atoms with Gasteiger partial charge < -0.3 is 15.6 Å². The van der Waals surface area contributed by atoms with Crippen LogP contribution in [0.4, 0.5) is 0 Å². The maximum Gasteiger partial charge on any atom is 0.303 e. The molecular formula is C12H16ClNO3. The Balaban J connectivity index is 2.85. The fraction of sp³-hybridized carbons (Fsp3) is 0.417. The lowest BCUT2D eigenvalue weighted by atomic mass is 9.93. The van der Waals surface area contributed by atoms with Crippen LogP contribution in [-0.4, -0.2) is 18.2 Å². The average molecular weight is 258 g/mol. The number of benzene rings is 1. The van der Waals surface area contributed by atoms with E-state index >= 15 is 0 Å². The van der Waals surface area contributed by atoms with Crippen LogP contribution in [0.2, 0.25) is 5.02 Å². The average Bonchev–Trinajstić information content (AvgIpc) is 2.27. The second-order valence-electron chi connectivity index (χ2n) is 3.99. The van der Waals surface area contributed by atoms with Crippen molar-refractivity contribution in [2.75, 3.05) is 7.11 Å². The quantitative estimate of drug-likeness (QED) is 0.850. The summed E-state index contributed by atoms with van der Waals surface area (Å²) in [6.45, 7) is 1.80. The highest BCUT2D eigenvalue weighted by Crippen LogP contribution is 2.30. The minimum Gasteiger partial charge on any atom is -0.495 e. The highest BCUT2D eigenvalue weighted by molar-refractivity contribution is 6.32. The first-order valence-electron chi connectivity index (χ1n) is 5.26. The maximum atomic E-state index is 10.6. The summed E-state index contributed by atoms with van der Waals surface area (Å²) < 4.78 is 5.04. The molecule has 1 aromatic carbocycles. The molecule has 17 heavy (non-hydrogen) atoms. The zero-order valence-electron chi connectivity index (χ0n) is 9.81. The summed E-state index contributed by atoms with van der Waals surface area (Å²) in [4.78, 5) is 10.6. The van der Waals surface area contributed by atoms with Gasteiger partial charge in [-0.3, -0.25) is 4.79 Å². The summed E-state index contributed by atoms with van der Waals surface area (Å²) >= 11 is 5.99. The minimum absolute atomic E-state index is 0.0326. The Morgan fingerprint density at radius 3 is 2.71 bits per heavy atom. The highest BCUT2D eigenvalue weighted by Gasteiger charge is 2.18. The fourth-order valence-corrected chi connectivity index (χ4v) is 1.89. The zero-order valence-corrected chi connectivity index (χ0v) is 10.6. The van der Waals surface area contributed by atoms with E-state index in [1.807, 2.05) is 0 Å². The normalized spacial score (nSPS) is 14.1. The molecule has 3 N–H and O–H groups in total. The Morgan fingerprint density at radius 1 is 1.59 bits per heavy atom. The highest BCUT2D eigenvalue weighted by atomic mass is 35.5. The summed E-state index contributed by atoms with van der Waals surface area (Å²) in [6, 6.07) is 4.89. The van der Waals surface area contributed by atoms with E-state index in [2.05, 4.69) is 0 Å². The Labute approximate surface area is 105 Å². The lowest BCUT2D eigenvalue weighted by molar-refractivity contribution is -0.138. The zero-order chi connectivity index (χ0) is 13.0. The van der Waals surface area contributed by atoms with E-state index < -0.39 is 5.97 Å². The number of carboxylic acids is 1. The molecule has 1 rings (SSSR count). The predicted molar refractivity (Wildman–Crippen MR) is 66.3 cm³/mol. The molecule has 0 aliphatic rings. The molecule has 0 bridgehead atoms. The van der Waals surface area contributed by atoms with Gasteiger partial charge in [-0.2, -0.15) is 0 Å². The van der Waals surface area contributed by atoms with Crippen LogP contribution in [0.3, 0.4) is 0 Å². The van der Waals surface area contributed by atoms with Crippen molar-refractivity contribution in [2.24, 2.45) is 11.7 Å². The van der Waals surface area contributed by atoms with Crippen molar-refractivity contribution in [3.05, 3.63) is 28.8 Å². The summed E-state index contributed by atoms with van der Waals surface area (Å²) in [5.41, 5.74) is 6.79. The van der Waals surface area contributed by atoms with Gasteiger partial charge in [0, 0.05) is 12.5 Å². The van der Waals surface area contributed by atoms with Gasteiger partial charge in [-0.05, 0) is 23.6 Å². The van der Waals surface area contributed by atoms with Crippen LogP contribution < -0.4 is 10.5 Å². The minimum atomic E-state index is -0.854. The Bertz CT molecular complexity index is 409. The third kappa shape index (κ3) is 3.61. The van der Waals surface area contributed by atoms with E-state index in [1.54, 1.807) is 25.1 Å². The van der Waals surface area contributed by atoms with Gasteiger partial charge >= 0.3 is 5.97 Å². The molecule has 0 aliphatic carbocycles. The van der Waals surface area contributed by atoms with E-state index in [1.165, 1.54) is 7.11 Å². The van der Waals surface area contributed by atoms with E-state index in [0.717, 1.165) is 5.56 Å². The molecule has 2 atom stereocenters. The Morgan fingerprint density at radius 2 is 2.24 bits per heavy atom. The van der Waals surface area contributed by atoms with Crippen LogP contribution in [0, 0.1) is 5.92 Å². The maximum absolute atomic E-state index is 10.6. The molecule has 0 fully saturated rings. The number of halogens is 1. The van der Waals surface area contributed by atoms with Crippen molar-refractivity contribution in [3.63, 3.8) is 0 Å². The first kappa shape index (κ1) is 13.8. The summed E-state index contributed by atoms with van der Waals surface area (Å²) in [7, 11) is 1.54. The monoisotopic (exact) mass is 257 g/mol. The number of nitrogens with two attached hydrogens (primary N) is 1. The van der Waals surface area contributed by atoms with Crippen LogP contribution in [-0.2, 0) is 4.79 Å². The number of hydrogen-bond donors (Lipinski definition) is 2. The standard InChI is InChI=1S/C12H16ClNO3/c1-7(5-11(15)16)12(14)8-3-4-10(17-2)9(13)6-8/h3-4,6-7,12H,5,14H2,1-2H3,(H,15,16). The van der Waals surface area contributed by atoms with Gasteiger partial charge in [0.1, 0.15) is 5.75 Å². The van der Waals surface area contributed by atoms with Crippen molar-refractivity contribution in [3.8, 4) is 5.75 Å². The van der Waals surface area contributed by atoms with Gasteiger partial charge in [0.15, 0.2) is 0 Å². The van der Waals surface area contributed by atoms with Gasteiger partial charge in [-0.25, -0.2) is 0 Å². The van der Waals surface area contributed by atoms with Crippen molar-refractivity contribution >= 4 is 17.6 Å². The molecule has 0 saturated heterocycles. The van der Waals surface area contributed by atoms with Crippen LogP contribution in [0.15, 0.2) is 18.2 Å². The lowest BCUT2D eigenvalue weighted by Gasteiger charge is -2.19. The van der Waals surface area contributed by atoms with Crippen LogP contribution in [0.25, 0.3) is 0 Å². The topological polar surface area (TPSA) is 72.5 Å². The van der Waals surface area contributed by atoms with Gasteiger partial charge in [0.2, 0.25) is 0 Å². The Kier molecular flexibility index (Phi) is 4.78. The second kappa shape index (κ2) is 5.89. The smallest absolute Gasteiger partial charge is 0.303 e. The van der Waals surface area contributed by atoms with Crippen molar-refractivity contribution in [1.29, 1.82) is 0 Å². The largest absolute Gasteiger partial charge is 0.495 e. The van der Waals surface area contributed by atoms with Crippen molar-refractivity contribution in [2.45, 2.75) is 19.4 Å². The SMILES string of the molecule is COc1ccc(C(N)C(C)CC(=O)O)cc1Cl. The summed E-state index contributed by atoms with van der Waals surface area (Å²) in [5, 5.41) is 9.19. The fourth-order valence-electron chi connectivity index (χ4n) is 1.62.